The molecule has 0 unspecified atom stereocenters. The van der Waals surface area contributed by atoms with Crippen LogP contribution in [0.5, 0.6) is 0 Å². The SMILES string of the molecule is SCCN1CCOCC1. The highest BCUT2D eigenvalue weighted by atomic mass is 32.1. The third kappa shape index (κ3) is 2.56. The number of hydrogen-bond acceptors (Lipinski definition) is 3. The second kappa shape index (κ2) is 4.14. The average Bonchev–Trinajstić information content (AvgIpc) is 1.91. The van der Waals surface area contributed by atoms with Gasteiger partial charge in [0.15, 0.2) is 0 Å². The van der Waals surface area contributed by atoms with Gasteiger partial charge in [0, 0.05) is 25.4 Å². The Labute approximate surface area is 61.6 Å². The number of hydrogen-bond donors (Lipinski definition) is 1. The summed E-state index contributed by atoms with van der Waals surface area (Å²) in [4.78, 5) is 2.37. The molecular formula is C6H13NOS. The molecule has 0 aromatic heterocycles. The fraction of sp³-hybridized carbons (Fsp3) is 1.00. The van der Waals surface area contributed by atoms with Gasteiger partial charge >= 0.3 is 0 Å². The van der Waals surface area contributed by atoms with Crippen LogP contribution in [-0.4, -0.2) is 43.5 Å². The van der Waals surface area contributed by atoms with Crippen LogP contribution in [0.25, 0.3) is 0 Å². The molecule has 0 spiro atoms. The molecule has 1 fully saturated rings. The summed E-state index contributed by atoms with van der Waals surface area (Å²) < 4.78 is 5.18. The first-order valence-electron chi connectivity index (χ1n) is 3.34. The van der Waals surface area contributed by atoms with Crippen molar-refractivity contribution in [1.29, 1.82) is 0 Å². The molecule has 0 radical (unpaired) electrons. The van der Waals surface area contributed by atoms with E-state index < -0.39 is 0 Å². The lowest BCUT2D eigenvalue weighted by Gasteiger charge is -2.25. The van der Waals surface area contributed by atoms with Crippen LogP contribution in [0.1, 0.15) is 0 Å². The summed E-state index contributed by atoms with van der Waals surface area (Å²) in [6, 6.07) is 0. The van der Waals surface area contributed by atoms with Crippen molar-refractivity contribution in [3.8, 4) is 0 Å². The Morgan fingerprint density at radius 1 is 1.33 bits per heavy atom. The first-order chi connectivity index (χ1) is 4.43. The minimum Gasteiger partial charge on any atom is -0.379 e. The molecule has 0 aromatic rings. The van der Waals surface area contributed by atoms with E-state index in [9.17, 15) is 0 Å². The maximum Gasteiger partial charge on any atom is 0.0594 e. The predicted octanol–water partition coefficient (Wildman–Crippen LogP) is 0.248. The van der Waals surface area contributed by atoms with E-state index in [0.29, 0.717) is 0 Å². The van der Waals surface area contributed by atoms with Gasteiger partial charge in [0.1, 0.15) is 0 Å². The Hall–Kier alpha value is 0.270. The van der Waals surface area contributed by atoms with E-state index in [-0.39, 0.29) is 0 Å². The molecule has 9 heavy (non-hydrogen) atoms. The minimum absolute atomic E-state index is 0.897. The van der Waals surface area contributed by atoms with Gasteiger partial charge in [-0.2, -0.15) is 12.6 Å². The van der Waals surface area contributed by atoms with E-state index in [1.807, 2.05) is 0 Å². The maximum atomic E-state index is 5.18. The molecule has 3 heteroatoms. The second-order valence-electron chi connectivity index (χ2n) is 2.18. The van der Waals surface area contributed by atoms with Gasteiger partial charge in [-0.15, -0.1) is 0 Å². The molecule has 2 nitrogen and oxygen atoms in total. The predicted molar refractivity (Wildman–Crippen MR) is 41.1 cm³/mol. The molecule has 0 amide bonds. The molecule has 0 bridgehead atoms. The Balaban J connectivity index is 2.08. The largest absolute Gasteiger partial charge is 0.379 e. The number of thiol groups is 1. The van der Waals surface area contributed by atoms with Crippen molar-refractivity contribution in [2.24, 2.45) is 0 Å². The van der Waals surface area contributed by atoms with Gasteiger partial charge in [0.2, 0.25) is 0 Å². The summed E-state index contributed by atoms with van der Waals surface area (Å²) >= 11 is 4.15. The lowest BCUT2D eigenvalue weighted by Crippen LogP contribution is -2.37. The number of ether oxygens (including phenoxy) is 1. The number of rotatable bonds is 2. The quantitative estimate of drug-likeness (QED) is 0.562. The second-order valence-corrected chi connectivity index (χ2v) is 2.62. The molecule has 0 aliphatic carbocycles. The van der Waals surface area contributed by atoms with Crippen molar-refractivity contribution < 1.29 is 4.74 Å². The zero-order chi connectivity index (χ0) is 6.53. The third-order valence-corrected chi connectivity index (χ3v) is 1.72. The molecule has 0 atom stereocenters. The lowest BCUT2D eigenvalue weighted by molar-refractivity contribution is 0.0410. The van der Waals surface area contributed by atoms with Crippen LogP contribution >= 0.6 is 12.6 Å². The van der Waals surface area contributed by atoms with Gasteiger partial charge in [-0.25, -0.2) is 0 Å². The summed E-state index contributed by atoms with van der Waals surface area (Å²) in [5, 5.41) is 0. The van der Waals surface area contributed by atoms with Gasteiger partial charge in [-0.1, -0.05) is 0 Å². The van der Waals surface area contributed by atoms with E-state index in [4.69, 9.17) is 4.74 Å². The van der Waals surface area contributed by atoms with E-state index in [1.165, 1.54) is 0 Å². The maximum absolute atomic E-state index is 5.18. The summed E-state index contributed by atoms with van der Waals surface area (Å²) in [6.07, 6.45) is 0. The van der Waals surface area contributed by atoms with Crippen molar-refractivity contribution in [1.82, 2.24) is 4.90 Å². The first kappa shape index (κ1) is 7.38. The molecule has 1 rings (SSSR count). The smallest absolute Gasteiger partial charge is 0.0594 e. The summed E-state index contributed by atoms with van der Waals surface area (Å²) in [5.74, 6) is 0.958. The van der Waals surface area contributed by atoms with Gasteiger partial charge in [-0.05, 0) is 0 Å². The van der Waals surface area contributed by atoms with Crippen molar-refractivity contribution >= 4 is 12.6 Å². The van der Waals surface area contributed by atoms with Crippen LogP contribution in [0.15, 0.2) is 0 Å². The van der Waals surface area contributed by atoms with E-state index in [0.717, 1.165) is 38.6 Å². The minimum atomic E-state index is 0.897. The summed E-state index contributed by atoms with van der Waals surface area (Å²) in [7, 11) is 0. The van der Waals surface area contributed by atoms with Gasteiger partial charge in [-0.3, -0.25) is 4.90 Å². The lowest BCUT2D eigenvalue weighted by atomic mass is 10.4. The van der Waals surface area contributed by atoms with Crippen LogP contribution < -0.4 is 0 Å². The molecule has 0 N–H and O–H groups in total. The van der Waals surface area contributed by atoms with Crippen molar-refractivity contribution in [2.75, 3.05) is 38.6 Å². The fourth-order valence-corrected chi connectivity index (χ4v) is 1.25. The van der Waals surface area contributed by atoms with Crippen LogP contribution in [-0.2, 0) is 4.74 Å². The molecule has 54 valence electrons. The highest BCUT2D eigenvalue weighted by Crippen LogP contribution is 1.95. The standard InChI is InChI=1S/C6H13NOS/c9-6-3-7-1-4-8-5-2-7/h9H,1-6H2. The molecule has 1 saturated heterocycles. The monoisotopic (exact) mass is 147 g/mol. The molecule has 1 heterocycles. The van der Waals surface area contributed by atoms with E-state index >= 15 is 0 Å². The number of morpholine rings is 1. The van der Waals surface area contributed by atoms with Crippen LogP contribution in [0.2, 0.25) is 0 Å². The molecule has 1 aliphatic heterocycles. The average molecular weight is 147 g/mol. The third-order valence-electron chi connectivity index (χ3n) is 1.52. The van der Waals surface area contributed by atoms with Crippen LogP contribution in [0.3, 0.4) is 0 Å². The normalized spacial score (nSPS) is 22.3. The van der Waals surface area contributed by atoms with E-state index in [2.05, 4.69) is 17.5 Å². The molecular weight excluding hydrogens is 134 g/mol. The van der Waals surface area contributed by atoms with Crippen LogP contribution in [0.4, 0.5) is 0 Å². The topological polar surface area (TPSA) is 12.5 Å². The van der Waals surface area contributed by atoms with Gasteiger partial charge in [0.05, 0.1) is 13.2 Å². The van der Waals surface area contributed by atoms with E-state index in [1.54, 1.807) is 0 Å². The van der Waals surface area contributed by atoms with Crippen molar-refractivity contribution in [3.05, 3.63) is 0 Å². The molecule has 1 aliphatic rings. The Kier molecular flexibility index (Phi) is 3.40. The van der Waals surface area contributed by atoms with Crippen molar-refractivity contribution in [2.45, 2.75) is 0 Å². The van der Waals surface area contributed by atoms with Gasteiger partial charge < -0.3 is 4.74 Å². The Morgan fingerprint density at radius 2 is 2.00 bits per heavy atom. The summed E-state index contributed by atoms with van der Waals surface area (Å²) in [5.41, 5.74) is 0. The highest BCUT2D eigenvalue weighted by Gasteiger charge is 2.07. The fourth-order valence-electron chi connectivity index (χ4n) is 0.966. The first-order valence-corrected chi connectivity index (χ1v) is 3.97. The highest BCUT2D eigenvalue weighted by molar-refractivity contribution is 7.80. The Morgan fingerprint density at radius 3 is 2.56 bits per heavy atom. The Bertz CT molecular complexity index is 70.7. The zero-order valence-electron chi connectivity index (χ0n) is 5.55. The van der Waals surface area contributed by atoms with Crippen LogP contribution in [0, 0.1) is 0 Å². The summed E-state index contributed by atoms with van der Waals surface area (Å²) in [6.45, 7) is 5.06. The van der Waals surface area contributed by atoms with Crippen molar-refractivity contribution in [3.63, 3.8) is 0 Å². The molecule has 0 saturated carbocycles. The van der Waals surface area contributed by atoms with Gasteiger partial charge in [0.25, 0.3) is 0 Å². The number of nitrogens with zero attached hydrogens (tertiary/aromatic N) is 1. The molecule has 0 aromatic carbocycles. The zero-order valence-corrected chi connectivity index (χ0v) is 6.44.